The lowest BCUT2D eigenvalue weighted by molar-refractivity contribution is 0.290. The van der Waals surface area contributed by atoms with E-state index in [0.29, 0.717) is 0 Å². The summed E-state index contributed by atoms with van der Waals surface area (Å²) in [4.78, 5) is 2.21. The van der Waals surface area contributed by atoms with Gasteiger partial charge in [0.2, 0.25) is 0 Å². The maximum absolute atomic E-state index is 5.46. The molecule has 1 heterocycles. The van der Waals surface area contributed by atoms with Crippen molar-refractivity contribution in [2.45, 2.75) is 19.9 Å². The van der Waals surface area contributed by atoms with Crippen molar-refractivity contribution in [3.05, 3.63) is 23.7 Å². The lowest BCUT2D eigenvalue weighted by atomic mass is 10.3. The molecule has 0 aliphatic carbocycles. The van der Waals surface area contributed by atoms with E-state index in [4.69, 9.17) is 10.2 Å². The molecular weight excluding hydrogens is 164 g/mol. The van der Waals surface area contributed by atoms with Crippen LogP contribution < -0.4 is 5.73 Å². The van der Waals surface area contributed by atoms with Gasteiger partial charge in [-0.3, -0.25) is 4.90 Å². The van der Waals surface area contributed by atoms with Gasteiger partial charge in [-0.1, -0.05) is 0 Å². The summed E-state index contributed by atoms with van der Waals surface area (Å²) >= 11 is 0. The topological polar surface area (TPSA) is 42.4 Å². The number of hydrogen-bond donors (Lipinski definition) is 1. The highest BCUT2D eigenvalue weighted by molar-refractivity contribution is 5.05. The van der Waals surface area contributed by atoms with Crippen molar-refractivity contribution in [2.24, 2.45) is 5.73 Å². The average molecular weight is 182 g/mol. The molecule has 0 fully saturated rings. The predicted octanol–water partition coefficient (Wildman–Crippen LogP) is 1.37. The molecule has 0 saturated heterocycles. The first-order valence-electron chi connectivity index (χ1n) is 4.66. The van der Waals surface area contributed by atoms with Crippen LogP contribution in [-0.2, 0) is 6.54 Å². The molecule has 0 unspecified atom stereocenters. The summed E-state index contributed by atoms with van der Waals surface area (Å²) in [6.07, 6.45) is 1.04. The number of aryl methyl sites for hydroxylation is 1. The Labute approximate surface area is 79.5 Å². The largest absolute Gasteiger partial charge is 0.465 e. The van der Waals surface area contributed by atoms with Crippen LogP contribution in [-0.4, -0.2) is 25.0 Å². The van der Waals surface area contributed by atoms with Gasteiger partial charge in [-0.05, 0) is 45.6 Å². The maximum Gasteiger partial charge on any atom is 0.118 e. The van der Waals surface area contributed by atoms with Crippen LogP contribution in [0.2, 0.25) is 0 Å². The third-order valence-corrected chi connectivity index (χ3v) is 1.97. The van der Waals surface area contributed by atoms with Crippen LogP contribution in [0.15, 0.2) is 16.5 Å². The van der Waals surface area contributed by atoms with E-state index in [9.17, 15) is 0 Å². The molecule has 0 aliphatic rings. The molecule has 0 spiro atoms. The van der Waals surface area contributed by atoms with E-state index in [1.54, 1.807) is 0 Å². The van der Waals surface area contributed by atoms with Gasteiger partial charge in [-0.2, -0.15) is 0 Å². The first kappa shape index (κ1) is 10.3. The number of furan rings is 1. The minimum atomic E-state index is 0.752. The summed E-state index contributed by atoms with van der Waals surface area (Å²) in [5, 5.41) is 0. The molecule has 0 atom stereocenters. The summed E-state index contributed by atoms with van der Waals surface area (Å²) in [5.41, 5.74) is 5.42. The van der Waals surface area contributed by atoms with Crippen LogP contribution in [0, 0.1) is 6.92 Å². The van der Waals surface area contributed by atoms with Crippen LogP contribution in [0.25, 0.3) is 0 Å². The summed E-state index contributed by atoms with van der Waals surface area (Å²) in [5.74, 6) is 2.00. The minimum Gasteiger partial charge on any atom is -0.465 e. The highest BCUT2D eigenvalue weighted by Gasteiger charge is 2.02. The van der Waals surface area contributed by atoms with Crippen LogP contribution in [0.3, 0.4) is 0 Å². The van der Waals surface area contributed by atoms with E-state index in [-0.39, 0.29) is 0 Å². The third-order valence-electron chi connectivity index (χ3n) is 1.97. The molecule has 0 radical (unpaired) electrons. The van der Waals surface area contributed by atoms with Crippen LogP contribution in [0.1, 0.15) is 17.9 Å². The average Bonchev–Trinajstić information content (AvgIpc) is 2.48. The number of rotatable bonds is 5. The summed E-state index contributed by atoms with van der Waals surface area (Å²) in [7, 11) is 2.08. The van der Waals surface area contributed by atoms with Gasteiger partial charge in [0.15, 0.2) is 0 Å². The number of hydrogen-bond acceptors (Lipinski definition) is 3. The molecule has 0 saturated carbocycles. The van der Waals surface area contributed by atoms with Crippen LogP contribution in [0.5, 0.6) is 0 Å². The van der Waals surface area contributed by atoms with E-state index < -0.39 is 0 Å². The Hall–Kier alpha value is -0.800. The van der Waals surface area contributed by atoms with Crippen molar-refractivity contribution in [1.29, 1.82) is 0 Å². The third kappa shape index (κ3) is 3.61. The standard InChI is InChI=1S/C10H18N2O/c1-9-4-5-10(13-9)8-12(2)7-3-6-11/h4-5H,3,6-8,11H2,1-2H3. The van der Waals surface area contributed by atoms with Crippen molar-refractivity contribution in [3.8, 4) is 0 Å². The molecule has 1 aromatic heterocycles. The molecule has 3 heteroatoms. The lowest BCUT2D eigenvalue weighted by Crippen LogP contribution is -2.20. The van der Waals surface area contributed by atoms with Gasteiger partial charge in [0.25, 0.3) is 0 Å². The highest BCUT2D eigenvalue weighted by atomic mass is 16.3. The molecule has 0 aromatic carbocycles. The van der Waals surface area contributed by atoms with E-state index in [0.717, 1.165) is 37.6 Å². The molecular formula is C10H18N2O. The fourth-order valence-electron chi connectivity index (χ4n) is 1.28. The Balaban J connectivity index is 2.31. The van der Waals surface area contributed by atoms with Crippen molar-refractivity contribution in [2.75, 3.05) is 20.1 Å². The molecule has 0 bridgehead atoms. The zero-order valence-corrected chi connectivity index (χ0v) is 8.42. The van der Waals surface area contributed by atoms with Gasteiger partial charge in [-0.25, -0.2) is 0 Å². The first-order chi connectivity index (χ1) is 6.22. The van der Waals surface area contributed by atoms with Gasteiger partial charge < -0.3 is 10.2 Å². The predicted molar refractivity (Wildman–Crippen MR) is 53.5 cm³/mol. The molecule has 0 aliphatic heterocycles. The van der Waals surface area contributed by atoms with E-state index in [1.165, 1.54) is 0 Å². The second-order valence-corrected chi connectivity index (χ2v) is 3.39. The Morgan fingerprint density at radius 2 is 2.23 bits per heavy atom. The Morgan fingerprint density at radius 3 is 2.77 bits per heavy atom. The first-order valence-corrected chi connectivity index (χ1v) is 4.66. The smallest absolute Gasteiger partial charge is 0.118 e. The van der Waals surface area contributed by atoms with Crippen molar-refractivity contribution < 1.29 is 4.42 Å². The van der Waals surface area contributed by atoms with Gasteiger partial charge in [0.05, 0.1) is 6.54 Å². The molecule has 3 nitrogen and oxygen atoms in total. The monoisotopic (exact) mass is 182 g/mol. The second kappa shape index (κ2) is 5.04. The zero-order valence-electron chi connectivity index (χ0n) is 8.42. The van der Waals surface area contributed by atoms with Crippen molar-refractivity contribution >= 4 is 0 Å². The summed E-state index contributed by atoms with van der Waals surface area (Å²) < 4.78 is 5.46. The lowest BCUT2D eigenvalue weighted by Gasteiger charge is -2.13. The van der Waals surface area contributed by atoms with Gasteiger partial charge in [-0.15, -0.1) is 0 Å². The quantitative estimate of drug-likeness (QED) is 0.747. The van der Waals surface area contributed by atoms with Crippen LogP contribution >= 0.6 is 0 Å². The Morgan fingerprint density at radius 1 is 1.46 bits per heavy atom. The van der Waals surface area contributed by atoms with E-state index in [1.807, 2.05) is 19.1 Å². The summed E-state index contributed by atoms with van der Waals surface area (Å²) in [6.45, 7) is 4.61. The Bertz CT molecular complexity index is 245. The second-order valence-electron chi connectivity index (χ2n) is 3.39. The molecule has 2 N–H and O–H groups in total. The summed E-state index contributed by atoms with van der Waals surface area (Å²) in [6, 6.07) is 4.01. The fraction of sp³-hybridized carbons (Fsp3) is 0.600. The van der Waals surface area contributed by atoms with Crippen molar-refractivity contribution in [3.63, 3.8) is 0 Å². The van der Waals surface area contributed by atoms with E-state index in [2.05, 4.69) is 11.9 Å². The minimum absolute atomic E-state index is 0.752. The van der Waals surface area contributed by atoms with Crippen molar-refractivity contribution in [1.82, 2.24) is 4.90 Å². The van der Waals surface area contributed by atoms with E-state index >= 15 is 0 Å². The molecule has 13 heavy (non-hydrogen) atoms. The zero-order chi connectivity index (χ0) is 9.68. The van der Waals surface area contributed by atoms with Gasteiger partial charge in [0, 0.05) is 0 Å². The molecule has 1 aromatic rings. The van der Waals surface area contributed by atoms with Gasteiger partial charge >= 0.3 is 0 Å². The molecule has 0 amide bonds. The Kier molecular flexibility index (Phi) is 3.99. The molecule has 1 rings (SSSR count). The molecule has 74 valence electrons. The van der Waals surface area contributed by atoms with Gasteiger partial charge in [0.1, 0.15) is 11.5 Å². The SMILES string of the molecule is Cc1ccc(CN(C)CCCN)o1. The fourth-order valence-corrected chi connectivity index (χ4v) is 1.28. The normalized spacial score (nSPS) is 11.1. The highest BCUT2D eigenvalue weighted by Crippen LogP contribution is 2.08. The maximum atomic E-state index is 5.46. The number of nitrogens with two attached hydrogens (primary N) is 1. The number of nitrogens with zero attached hydrogens (tertiary/aromatic N) is 1. The van der Waals surface area contributed by atoms with Crippen LogP contribution in [0.4, 0.5) is 0 Å².